The predicted octanol–water partition coefficient (Wildman–Crippen LogP) is 3.00. The van der Waals surface area contributed by atoms with Crippen LogP contribution >= 0.6 is 0 Å². The van der Waals surface area contributed by atoms with Crippen LogP contribution in [0.25, 0.3) is 16.8 Å². The lowest BCUT2D eigenvalue weighted by molar-refractivity contribution is 0.0206. The zero-order valence-electron chi connectivity index (χ0n) is 16.9. The van der Waals surface area contributed by atoms with Crippen molar-refractivity contribution in [2.45, 2.75) is 45.3 Å². The van der Waals surface area contributed by atoms with Crippen LogP contribution in [0.4, 0.5) is 10.6 Å². The number of amides is 1. The van der Waals surface area contributed by atoms with Gasteiger partial charge in [0.15, 0.2) is 0 Å². The molecule has 1 aliphatic heterocycles. The minimum atomic E-state index is -0.499. The zero-order chi connectivity index (χ0) is 20.4. The molecule has 0 aliphatic carbocycles. The number of rotatable bonds is 3. The first-order valence-corrected chi connectivity index (χ1v) is 9.73. The molecule has 29 heavy (non-hydrogen) atoms. The number of carbonyl (C=O) groups excluding carboxylic acids is 1. The van der Waals surface area contributed by atoms with E-state index in [0.717, 1.165) is 29.6 Å². The molecule has 1 saturated heterocycles. The maximum absolute atomic E-state index is 12.4. The molecule has 1 fully saturated rings. The highest BCUT2D eigenvalue weighted by atomic mass is 16.6. The topological polar surface area (TPSA) is 97.5 Å². The third-order valence-corrected chi connectivity index (χ3v) is 4.66. The molecule has 0 aromatic carbocycles. The maximum atomic E-state index is 12.4. The van der Waals surface area contributed by atoms with E-state index in [1.165, 1.54) is 0 Å². The molecule has 1 atom stereocenters. The Bertz CT molecular complexity index is 1010. The summed E-state index contributed by atoms with van der Waals surface area (Å²) >= 11 is 0. The molecule has 0 saturated carbocycles. The van der Waals surface area contributed by atoms with Crippen molar-refractivity contribution in [3.05, 3.63) is 37.2 Å². The second-order valence-corrected chi connectivity index (χ2v) is 8.17. The van der Waals surface area contributed by atoms with Crippen molar-refractivity contribution >= 4 is 17.4 Å². The first-order valence-electron chi connectivity index (χ1n) is 9.73. The minimum Gasteiger partial charge on any atom is -0.444 e. The van der Waals surface area contributed by atoms with Crippen molar-refractivity contribution in [3.63, 3.8) is 0 Å². The Labute approximate surface area is 169 Å². The number of ether oxygens (including phenoxy) is 1. The molecule has 0 spiro atoms. The molecule has 1 aliphatic rings. The first kappa shape index (κ1) is 19.1. The van der Waals surface area contributed by atoms with Gasteiger partial charge in [-0.15, -0.1) is 0 Å². The van der Waals surface area contributed by atoms with E-state index in [2.05, 4.69) is 20.4 Å². The fourth-order valence-electron chi connectivity index (χ4n) is 3.40. The standard InChI is InChI=1S/C20H25N7O2/c1-20(2,3)29-19(28)26-8-4-5-14(12-26)24-18-11-22-10-16(25-18)15-9-23-27-13-21-7-6-17(15)27/h6-7,9-11,13-14H,4-5,8,12H2,1-3H3,(H,24,25)/t14-/m1/s1. The Hall–Kier alpha value is -3.23. The summed E-state index contributed by atoms with van der Waals surface area (Å²) in [6, 6.07) is 1.98. The zero-order valence-corrected chi connectivity index (χ0v) is 16.9. The van der Waals surface area contributed by atoms with Gasteiger partial charge in [0.05, 0.1) is 29.8 Å². The van der Waals surface area contributed by atoms with Crippen molar-refractivity contribution in [1.29, 1.82) is 0 Å². The Balaban J connectivity index is 1.47. The SMILES string of the molecule is CC(C)(C)OC(=O)N1CCC[C@@H](Nc2cncc(-c3cnn4cnccc34)n2)C1. The quantitative estimate of drug-likeness (QED) is 0.728. The molecule has 4 rings (SSSR count). The highest BCUT2D eigenvalue weighted by Crippen LogP contribution is 2.23. The predicted molar refractivity (Wildman–Crippen MR) is 108 cm³/mol. The molecule has 3 aromatic heterocycles. The number of hydrogen-bond acceptors (Lipinski definition) is 7. The van der Waals surface area contributed by atoms with Gasteiger partial charge in [0, 0.05) is 30.9 Å². The first-order chi connectivity index (χ1) is 13.9. The van der Waals surface area contributed by atoms with Crippen LogP contribution in [0.1, 0.15) is 33.6 Å². The Morgan fingerprint density at radius 2 is 2.10 bits per heavy atom. The fraction of sp³-hybridized carbons (Fsp3) is 0.450. The summed E-state index contributed by atoms with van der Waals surface area (Å²) in [6.07, 6.45) is 10.1. The fourth-order valence-corrected chi connectivity index (χ4v) is 3.40. The van der Waals surface area contributed by atoms with Gasteiger partial charge in [-0.3, -0.25) is 4.98 Å². The number of nitrogens with zero attached hydrogens (tertiary/aromatic N) is 6. The van der Waals surface area contributed by atoms with Crippen molar-refractivity contribution in [1.82, 2.24) is 29.5 Å². The van der Waals surface area contributed by atoms with E-state index in [1.54, 1.807) is 40.5 Å². The van der Waals surface area contributed by atoms with Crippen LogP contribution in [0, 0.1) is 0 Å². The summed E-state index contributed by atoms with van der Waals surface area (Å²) in [7, 11) is 0. The van der Waals surface area contributed by atoms with Gasteiger partial charge in [0.1, 0.15) is 17.7 Å². The van der Waals surface area contributed by atoms with E-state index in [4.69, 9.17) is 9.72 Å². The van der Waals surface area contributed by atoms with E-state index in [9.17, 15) is 4.79 Å². The molecule has 152 valence electrons. The number of anilines is 1. The lowest BCUT2D eigenvalue weighted by atomic mass is 10.1. The minimum absolute atomic E-state index is 0.0916. The van der Waals surface area contributed by atoms with Crippen LogP contribution in [-0.2, 0) is 4.74 Å². The van der Waals surface area contributed by atoms with Crippen molar-refractivity contribution in [2.75, 3.05) is 18.4 Å². The van der Waals surface area contributed by atoms with Crippen LogP contribution in [0.15, 0.2) is 37.2 Å². The number of carbonyl (C=O) groups is 1. The van der Waals surface area contributed by atoms with Gasteiger partial charge in [-0.2, -0.15) is 5.10 Å². The van der Waals surface area contributed by atoms with Crippen LogP contribution in [0.5, 0.6) is 0 Å². The number of piperidine rings is 1. The van der Waals surface area contributed by atoms with Gasteiger partial charge in [-0.05, 0) is 39.7 Å². The number of hydrogen-bond donors (Lipinski definition) is 1. The average Bonchev–Trinajstić information content (AvgIpc) is 3.11. The third-order valence-electron chi connectivity index (χ3n) is 4.66. The van der Waals surface area contributed by atoms with Crippen LogP contribution in [0.2, 0.25) is 0 Å². The molecule has 9 nitrogen and oxygen atoms in total. The molecule has 9 heteroatoms. The molecule has 1 N–H and O–H groups in total. The Morgan fingerprint density at radius 3 is 2.93 bits per heavy atom. The van der Waals surface area contributed by atoms with E-state index in [1.807, 2.05) is 26.8 Å². The van der Waals surface area contributed by atoms with Gasteiger partial charge >= 0.3 is 6.09 Å². The monoisotopic (exact) mass is 395 g/mol. The van der Waals surface area contributed by atoms with Gasteiger partial charge in [0.2, 0.25) is 0 Å². The average molecular weight is 395 g/mol. The maximum Gasteiger partial charge on any atom is 0.410 e. The van der Waals surface area contributed by atoms with Gasteiger partial charge < -0.3 is 15.0 Å². The van der Waals surface area contributed by atoms with E-state index in [-0.39, 0.29) is 12.1 Å². The van der Waals surface area contributed by atoms with E-state index in [0.29, 0.717) is 18.9 Å². The molecule has 0 radical (unpaired) electrons. The Morgan fingerprint density at radius 1 is 1.24 bits per heavy atom. The van der Waals surface area contributed by atoms with Crippen LogP contribution in [0.3, 0.4) is 0 Å². The summed E-state index contributed by atoms with van der Waals surface area (Å²) in [4.78, 5) is 27.2. The number of nitrogens with one attached hydrogen (secondary N) is 1. The molecule has 4 heterocycles. The highest BCUT2D eigenvalue weighted by molar-refractivity contribution is 5.77. The van der Waals surface area contributed by atoms with E-state index < -0.39 is 5.60 Å². The molecule has 0 bridgehead atoms. The lowest BCUT2D eigenvalue weighted by Gasteiger charge is -2.34. The second kappa shape index (κ2) is 7.65. The number of fused-ring (bicyclic) bond motifs is 1. The molecular formula is C20H25N7O2. The molecular weight excluding hydrogens is 370 g/mol. The van der Waals surface area contributed by atoms with E-state index >= 15 is 0 Å². The van der Waals surface area contributed by atoms with Crippen LogP contribution in [-0.4, -0.2) is 60.3 Å². The molecule has 0 unspecified atom stereocenters. The smallest absolute Gasteiger partial charge is 0.410 e. The second-order valence-electron chi connectivity index (χ2n) is 8.17. The van der Waals surface area contributed by atoms with Crippen molar-refractivity contribution in [3.8, 4) is 11.3 Å². The summed E-state index contributed by atoms with van der Waals surface area (Å²) in [5.41, 5.74) is 2.04. The molecule has 1 amide bonds. The van der Waals surface area contributed by atoms with Gasteiger partial charge in [-0.25, -0.2) is 19.3 Å². The normalized spacial score (nSPS) is 17.3. The summed E-state index contributed by atoms with van der Waals surface area (Å²) in [5, 5.41) is 7.72. The lowest BCUT2D eigenvalue weighted by Crippen LogP contribution is -2.47. The van der Waals surface area contributed by atoms with Gasteiger partial charge in [0.25, 0.3) is 0 Å². The van der Waals surface area contributed by atoms with Crippen molar-refractivity contribution in [2.24, 2.45) is 0 Å². The van der Waals surface area contributed by atoms with Gasteiger partial charge in [-0.1, -0.05) is 0 Å². The largest absolute Gasteiger partial charge is 0.444 e. The Kier molecular flexibility index (Phi) is 5.04. The highest BCUT2D eigenvalue weighted by Gasteiger charge is 2.27. The summed E-state index contributed by atoms with van der Waals surface area (Å²) < 4.78 is 7.21. The third kappa shape index (κ3) is 4.44. The number of aromatic nitrogens is 5. The summed E-state index contributed by atoms with van der Waals surface area (Å²) in [5.74, 6) is 0.673. The van der Waals surface area contributed by atoms with Crippen molar-refractivity contribution < 1.29 is 9.53 Å². The van der Waals surface area contributed by atoms with Crippen LogP contribution < -0.4 is 5.32 Å². The number of likely N-dealkylation sites (tertiary alicyclic amines) is 1. The molecule has 3 aromatic rings. The summed E-state index contributed by atoms with van der Waals surface area (Å²) in [6.45, 7) is 6.91.